The van der Waals surface area contributed by atoms with Gasteiger partial charge in [-0.05, 0) is 45.4 Å². The summed E-state index contributed by atoms with van der Waals surface area (Å²) in [6, 6.07) is 1.21. The van der Waals surface area contributed by atoms with Crippen molar-refractivity contribution < 1.29 is 4.79 Å². The quantitative estimate of drug-likeness (QED) is 0.643. The van der Waals surface area contributed by atoms with Crippen LogP contribution < -0.4 is 0 Å². The highest BCUT2D eigenvalue weighted by Gasteiger charge is 2.34. The molecular formula is C12H21NO. The molecule has 2 atom stereocenters. The predicted octanol–water partition coefficient (Wildman–Crippen LogP) is 2.08. The molecule has 14 heavy (non-hydrogen) atoms. The normalized spacial score (nSPS) is 39.7. The van der Waals surface area contributed by atoms with Crippen LogP contribution in [0, 0.1) is 11.8 Å². The first-order valence-corrected chi connectivity index (χ1v) is 5.91. The van der Waals surface area contributed by atoms with Gasteiger partial charge in [-0.15, -0.1) is 0 Å². The van der Waals surface area contributed by atoms with Crippen LogP contribution in [-0.2, 0) is 4.79 Å². The molecule has 0 N–H and O–H groups in total. The Labute approximate surface area is 86.7 Å². The first-order valence-electron chi connectivity index (χ1n) is 5.91. The van der Waals surface area contributed by atoms with Crippen LogP contribution in [0.15, 0.2) is 0 Å². The number of likely N-dealkylation sites (tertiary alicyclic amines) is 1. The van der Waals surface area contributed by atoms with Crippen LogP contribution in [0.2, 0.25) is 0 Å². The molecule has 2 nitrogen and oxygen atoms in total. The largest absolute Gasteiger partial charge is 0.303 e. The maximum atomic E-state index is 10.8. The van der Waals surface area contributed by atoms with Crippen molar-refractivity contribution in [2.24, 2.45) is 11.8 Å². The van der Waals surface area contributed by atoms with Gasteiger partial charge in [0.15, 0.2) is 0 Å². The second-order valence-electron chi connectivity index (χ2n) is 5.21. The van der Waals surface area contributed by atoms with Crippen molar-refractivity contribution in [3.05, 3.63) is 0 Å². The summed E-state index contributed by atoms with van der Waals surface area (Å²) in [4.78, 5) is 13.4. The van der Waals surface area contributed by atoms with Crippen LogP contribution >= 0.6 is 0 Å². The van der Waals surface area contributed by atoms with E-state index < -0.39 is 0 Å². The van der Waals surface area contributed by atoms with E-state index in [1.807, 2.05) is 0 Å². The fraction of sp³-hybridized carbons (Fsp3) is 0.917. The van der Waals surface area contributed by atoms with Crippen LogP contribution in [0.25, 0.3) is 0 Å². The first-order chi connectivity index (χ1) is 6.70. The molecule has 0 amide bonds. The number of carbonyl (C=O) groups is 1. The SMILES string of the molecule is C[C@H]1CC(C=O)C[C@H](C)N1CC1CC1. The zero-order valence-corrected chi connectivity index (χ0v) is 9.28. The van der Waals surface area contributed by atoms with E-state index >= 15 is 0 Å². The molecule has 0 spiro atoms. The molecule has 2 rings (SSSR count). The number of piperidine rings is 1. The molecule has 2 fully saturated rings. The summed E-state index contributed by atoms with van der Waals surface area (Å²) in [7, 11) is 0. The lowest BCUT2D eigenvalue weighted by Gasteiger charge is -2.41. The number of aldehydes is 1. The van der Waals surface area contributed by atoms with Gasteiger partial charge in [-0.1, -0.05) is 0 Å². The third-order valence-corrected chi connectivity index (χ3v) is 3.78. The zero-order valence-electron chi connectivity index (χ0n) is 9.28. The fourth-order valence-corrected chi connectivity index (χ4v) is 2.75. The van der Waals surface area contributed by atoms with Crippen LogP contribution in [0.4, 0.5) is 0 Å². The Kier molecular flexibility index (Phi) is 2.91. The van der Waals surface area contributed by atoms with Crippen molar-refractivity contribution in [2.45, 2.75) is 51.6 Å². The second kappa shape index (κ2) is 4.01. The summed E-state index contributed by atoms with van der Waals surface area (Å²) in [5.41, 5.74) is 0. The minimum absolute atomic E-state index is 0.315. The highest BCUT2D eigenvalue weighted by Crippen LogP contribution is 2.34. The number of carbonyl (C=O) groups excluding carboxylic acids is 1. The molecule has 0 aromatic carbocycles. The Morgan fingerprint density at radius 3 is 2.21 bits per heavy atom. The van der Waals surface area contributed by atoms with Gasteiger partial charge in [-0.25, -0.2) is 0 Å². The third-order valence-electron chi connectivity index (χ3n) is 3.78. The van der Waals surface area contributed by atoms with Crippen molar-refractivity contribution >= 4 is 6.29 Å². The van der Waals surface area contributed by atoms with E-state index in [0.29, 0.717) is 18.0 Å². The third kappa shape index (κ3) is 2.17. The zero-order chi connectivity index (χ0) is 10.1. The molecule has 80 valence electrons. The van der Waals surface area contributed by atoms with Crippen molar-refractivity contribution in [1.29, 1.82) is 0 Å². The van der Waals surface area contributed by atoms with Gasteiger partial charge in [0.05, 0.1) is 0 Å². The monoisotopic (exact) mass is 195 g/mol. The van der Waals surface area contributed by atoms with E-state index in [1.54, 1.807) is 0 Å². The molecule has 2 heteroatoms. The van der Waals surface area contributed by atoms with E-state index in [1.165, 1.54) is 19.4 Å². The highest BCUT2D eigenvalue weighted by atomic mass is 16.1. The second-order valence-corrected chi connectivity index (χ2v) is 5.21. The van der Waals surface area contributed by atoms with Gasteiger partial charge in [0.25, 0.3) is 0 Å². The topological polar surface area (TPSA) is 20.3 Å². The molecule has 0 bridgehead atoms. The Bertz CT molecular complexity index is 200. The Hall–Kier alpha value is -0.370. The van der Waals surface area contributed by atoms with E-state index in [-0.39, 0.29) is 0 Å². The maximum Gasteiger partial charge on any atom is 0.123 e. The van der Waals surface area contributed by atoms with Gasteiger partial charge >= 0.3 is 0 Å². The molecule has 1 heterocycles. The average Bonchev–Trinajstić information content (AvgIpc) is 2.94. The van der Waals surface area contributed by atoms with Crippen LogP contribution in [0.3, 0.4) is 0 Å². The minimum atomic E-state index is 0.315. The Balaban J connectivity index is 1.92. The summed E-state index contributed by atoms with van der Waals surface area (Å²) in [5, 5.41) is 0. The maximum absolute atomic E-state index is 10.8. The summed E-state index contributed by atoms with van der Waals surface area (Å²) in [5.74, 6) is 1.28. The van der Waals surface area contributed by atoms with Crippen molar-refractivity contribution in [3.8, 4) is 0 Å². The highest BCUT2D eigenvalue weighted by molar-refractivity contribution is 5.53. The fourth-order valence-electron chi connectivity index (χ4n) is 2.75. The van der Waals surface area contributed by atoms with E-state index in [9.17, 15) is 4.79 Å². The van der Waals surface area contributed by atoms with E-state index in [2.05, 4.69) is 18.7 Å². The lowest BCUT2D eigenvalue weighted by atomic mass is 9.88. The molecule has 0 aromatic rings. The molecule has 0 aromatic heterocycles. The van der Waals surface area contributed by atoms with E-state index in [0.717, 1.165) is 25.0 Å². The number of hydrogen-bond acceptors (Lipinski definition) is 2. The first kappa shape index (κ1) is 10.2. The smallest absolute Gasteiger partial charge is 0.123 e. The number of rotatable bonds is 3. The molecular weight excluding hydrogens is 174 g/mol. The molecule has 0 radical (unpaired) electrons. The minimum Gasteiger partial charge on any atom is -0.303 e. The molecule has 2 aliphatic rings. The predicted molar refractivity (Wildman–Crippen MR) is 57.1 cm³/mol. The van der Waals surface area contributed by atoms with Crippen LogP contribution in [0.1, 0.15) is 39.5 Å². The average molecular weight is 195 g/mol. The summed E-state index contributed by atoms with van der Waals surface area (Å²) >= 11 is 0. The van der Waals surface area contributed by atoms with Crippen molar-refractivity contribution in [2.75, 3.05) is 6.54 Å². The molecule has 1 saturated heterocycles. The Morgan fingerprint density at radius 1 is 1.21 bits per heavy atom. The molecule has 0 unspecified atom stereocenters. The van der Waals surface area contributed by atoms with Crippen LogP contribution in [-0.4, -0.2) is 29.8 Å². The number of nitrogens with zero attached hydrogens (tertiary/aromatic N) is 1. The molecule has 1 aliphatic carbocycles. The van der Waals surface area contributed by atoms with E-state index in [4.69, 9.17) is 0 Å². The van der Waals surface area contributed by atoms with Gasteiger partial charge in [0.1, 0.15) is 6.29 Å². The van der Waals surface area contributed by atoms with Crippen molar-refractivity contribution in [1.82, 2.24) is 4.90 Å². The standard InChI is InChI=1S/C12H21NO/c1-9-5-12(8-14)6-10(2)13(9)7-11-3-4-11/h8-12H,3-7H2,1-2H3/t9-,10-/m0/s1. The van der Waals surface area contributed by atoms with Gasteiger partial charge in [0, 0.05) is 24.5 Å². The summed E-state index contributed by atoms with van der Waals surface area (Å²) in [6.07, 6.45) is 6.14. The summed E-state index contributed by atoms with van der Waals surface area (Å²) < 4.78 is 0. The van der Waals surface area contributed by atoms with Gasteiger partial charge in [-0.2, -0.15) is 0 Å². The molecule has 1 saturated carbocycles. The van der Waals surface area contributed by atoms with Gasteiger partial charge in [0.2, 0.25) is 0 Å². The van der Waals surface area contributed by atoms with Gasteiger partial charge < -0.3 is 4.79 Å². The Morgan fingerprint density at radius 2 is 1.79 bits per heavy atom. The van der Waals surface area contributed by atoms with Gasteiger partial charge in [-0.3, -0.25) is 4.90 Å². The number of hydrogen-bond donors (Lipinski definition) is 0. The summed E-state index contributed by atoms with van der Waals surface area (Å²) in [6.45, 7) is 5.82. The van der Waals surface area contributed by atoms with Crippen molar-refractivity contribution in [3.63, 3.8) is 0 Å². The lowest BCUT2D eigenvalue weighted by molar-refractivity contribution is -0.113. The molecule has 1 aliphatic heterocycles. The lowest BCUT2D eigenvalue weighted by Crippen LogP contribution is -2.47. The van der Waals surface area contributed by atoms with Crippen LogP contribution in [0.5, 0.6) is 0 Å².